The Morgan fingerprint density at radius 1 is 1.07 bits per heavy atom. The summed E-state index contributed by atoms with van der Waals surface area (Å²) >= 11 is 0. The molecule has 0 spiro atoms. The predicted molar refractivity (Wildman–Crippen MR) is 101 cm³/mol. The highest BCUT2D eigenvalue weighted by Gasteiger charge is 2.18. The molecule has 27 heavy (non-hydrogen) atoms. The van der Waals surface area contributed by atoms with Gasteiger partial charge in [-0.15, -0.1) is 0 Å². The third kappa shape index (κ3) is 5.47. The summed E-state index contributed by atoms with van der Waals surface area (Å²) in [6.45, 7) is 7.50. The number of carbonyl (C=O) groups excluding carboxylic acids is 1. The highest BCUT2D eigenvalue weighted by molar-refractivity contribution is 5.95. The van der Waals surface area contributed by atoms with E-state index in [1.165, 1.54) is 23.2 Å². The van der Waals surface area contributed by atoms with E-state index in [0.29, 0.717) is 49.2 Å². The number of nitrogens with one attached hydrogen (secondary N) is 1. The first-order valence-electron chi connectivity index (χ1n) is 8.95. The Kier molecular flexibility index (Phi) is 7.66. The van der Waals surface area contributed by atoms with Gasteiger partial charge in [0.25, 0.3) is 11.5 Å². The summed E-state index contributed by atoms with van der Waals surface area (Å²) < 4.78 is 18.3. The van der Waals surface area contributed by atoms with Crippen molar-refractivity contribution in [2.75, 3.05) is 26.4 Å². The minimum atomic E-state index is -0.295. The van der Waals surface area contributed by atoms with Gasteiger partial charge >= 0.3 is 0 Å². The number of carbonyl (C=O) groups is 1. The maximum atomic E-state index is 12.5. The zero-order valence-corrected chi connectivity index (χ0v) is 15.9. The Morgan fingerprint density at radius 2 is 1.70 bits per heavy atom. The van der Waals surface area contributed by atoms with Crippen molar-refractivity contribution in [3.63, 3.8) is 0 Å². The van der Waals surface area contributed by atoms with Crippen LogP contribution in [-0.4, -0.2) is 41.8 Å². The van der Waals surface area contributed by atoms with E-state index in [9.17, 15) is 9.59 Å². The van der Waals surface area contributed by atoms with Crippen molar-refractivity contribution in [1.29, 1.82) is 0 Å². The number of amides is 1. The molecule has 1 N–H and O–H groups in total. The van der Waals surface area contributed by atoms with E-state index < -0.39 is 0 Å². The second kappa shape index (κ2) is 10.2. The molecule has 0 aliphatic carbocycles. The standard InChI is InChI=1S/C19H25N3O5/c1-4-25-15-11-14(12-16(26-5-2)18(15)27-6-3)19(24)21-9-10-22-13-20-8-7-17(22)23/h7-8,11-13H,4-6,9-10H2,1-3H3,(H,21,24). The predicted octanol–water partition coefficient (Wildman–Crippen LogP) is 1.87. The van der Waals surface area contributed by atoms with E-state index in [1.807, 2.05) is 20.8 Å². The second-order valence-electron chi connectivity index (χ2n) is 5.47. The molecule has 2 rings (SSSR count). The van der Waals surface area contributed by atoms with Crippen molar-refractivity contribution in [2.45, 2.75) is 27.3 Å². The normalized spacial score (nSPS) is 10.3. The van der Waals surface area contributed by atoms with Crippen LogP contribution in [0.2, 0.25) is 0 Å². The zero-order chi connectivity index (χ0) is 19.6. The third-order valence-corrected chi connectivity index (χ3v) is 3.60. The van der Waals surface area contributed by atoms with Crippen molar-refractivity contribution in [3.05, 3.63) is 46.6 Å². The van der Waals surface area contributed by atoms with E-state index in [-0.39, 0.29) is 18.0 Å². The Morgan fingerprint density at radius 3 is 2.26 bits per heavy atom. The highest BCUT2D eigenvalue weighted by atomic mass is 16.5. The summed E-state index contributed by atoms with van der Waals surface area (Å²) in [5, 5.41) is 2.79. The molecule has 1 heterocycles. The summed E-state index contributed by atoms with van der Waals surface area (Å²) in [5.41, 5.74) is 0.224. The van der Waals surface area contributed by atoms with Crippen LogP contribution in [0.25, 0.3) is 0 Å². The number of hydrogen-bond donors (Lipinski definition) is 1. The van der Waals surface area contributed by atoms with Gasteiger partial charge in [0.15, 0.2) is 11.5 Å². The first-order chi connectivity index (χ1) is 13.1. The van der Waals surface area contributed by atoms with Gasteiger partial charge in [0, 0.05) is 30.9 Å². The lowest BCUT2D eigenvalue weighted by atomic mass is 10.1. The maximum absolute atomic E-state index is 12.5. The van der Waals surface area contributed by atoms with Gasteiger partial charge in [-0.1, -0.05) is 0 Å². The molecule has 0 saturated carbocycles. The van der Waals surface area contributed by atoms with Gasteiger partial charge in [-0.25, -0.2) is 4.98 Å². The zero-order valence-electron chi connectivity index (χ0n) is 15.9. The van der Waals surface area contributed by atoms with Gasteiger partial charge in [-0.05, 0) is 32.9 Å². The van der Waals surface area contributed by atoms with Crippen molar-refractivity contribution in [2.24, 2.45) is 0 Å². The van der Waals surface area contributed by atoms with Gasteiger partial charge in [-0.3, -0.25) is 14.2 Å². The van der Waals surface area contributed by atoms with E-state index >= 15 is 0 Å². The highest BCUT2D eigenvalue weighted by Crippen LogP contribution is 2.39. The van der Waals surface area contributed by atoms with Crippen LogP contribution in [0.3, 0.4) is 0 Å². The summed E-state index contributed by atoms with van der Waals surface area (Å²) in [5.74, 6) is 1.11. The third-order valence-electron chi connectivity index (χ3n) is 3.60. The minimum absolute atomic E-state index is 0.169. The molecular weight excluding hydrogens is 350 g/mol. The van der Waals surface area contributed by atoms with Gasteiger partial charge in [0.1, 0.15) is 0 Å². The van der Waals surface area contributed by atoms with Crippen LogP contribution in [0, 0.1) is 0 Å². The molecule has 8 heteroatoms. The molecule has 0 radical (unpaired) electrons. The Balaban J connectivity index is 2.16. The van der Waals surface area contributed by atoms with Crippen LogP contribution in [0.1, 0.15) is 31.1 Å². The molecule has 1 amide bonds. The van der Waals surface area contributed by atoms with E-state index in [0.717, 1.165) is 0 Å². The lowest BCUT2D eigenvalue weighted by Crippen LogP contribution is -2.30. The summed E-state index contributed by atoms with van der Waals surface area (Å²) in [7, 11) is 0. The molecule has 1 aromatic carbocycles. The first-order valence-corrected chi connectivity index (χ1v) is 8.95. The van der Waals surface area contributed by atoms with Crippen molar-refractivity contribution in [1.82, 2.24) is 14.9 Å². The topological polar surface area (TPSA) is 91.7 Å². The first kappa shape index (κ1) is 20.3. The quantitative estimate of drug-likeness (QED) is 0.682. The number of benzene rings is 1. The molecule has 2 aromatic rings. The van der Waals surface area contributed by atoms with Gasteiger partial charge in [-0.2, -0.15) is 0 Å². The summed E-state index contributed by atoms with van der Waals surface area (Å²) in [6, 6.07) is 4.63. The van der Waals surface area contributed by atoms with Gasteiger partial charge < -0.3 is 19.5 Å². The lowest BCUT2D eigenvalue weighted by molar-refractivity contribution is 0.0951. The molecule has 8 nitrogen and oxygen atoms in total. The van der Waals surface area contributed by atoms with Gasteiger partial charge in [0.2, 0.25) is 5.75 Å². The average molecular weight is 375 g/mol. The number of ether oxygens (including phenoxy) is 3. The molecular formula is C19H25N3O5. The van der Waals surface area contributed by atoms with Crippen LogP contribution in [-0.2, 0) is 6.54 Å². The molecule has 0 bridgehead atoms. The molecule has 1 aromatic heterocycles. The molecule has 0 atom stereocenters. The molecule has 0 fully saturated rings. The lowest BCUT2D eigenvalue weighted by Gasteiger charge is -2.17. The maximum Gasteiger partial charge on any atom is 0.253 e. The van der Waals surface area contributed by atoms with Crippen molar-refractivity contribution in [3.8, 4) is 17.2 Å². The van der Waals surface area contributed by atoms with Crippen LogP contribution in [0.15, 0.2) is 35.5 Å². The fourth-order valence-corrected chi connectivity index (χ4v) is 2.46. The van der Waals surface area contributed by atoms with E-state index in [4.69, 9.17) is 14.2 Å². The smallest absolute Gasteiger partial charge is 0.253 e. The molecule has 0 unspecified atom stereocenters. The van der Waals surface area contributed by atoms with Gasteiger partial charge in [0.05, 0.1) is 26.1 Å². The number of rotatable bonds is 10. The SMILES string of the molecule is CCOc1cc(C(=O)NCCn2cnccc2=O)cc(OCC)c1OCC. The second-order valence-corrected chi connectivity index (χ2v) is 5.47. The average Bonchev–Trinajstić information content (AvgIpc) is 2.66. The fourth-order valence-electron chi connectivity index (χ4n) is 2.46. The largest absolute Gasteiger partial charge is 0.490 e. The fraction of sp³-hybridized carbons (Fsp3) is 0.421. The Labute approximate surface area is 158 Å². The summed E-state index contributed by atoms with van der Waals surface area (Å²) in [6.07, 6.45) is 2.87. The van der Waals surface area contributed by atoms with Crippen LogP contribution < -0.4 is 25.1 Å². The minimum Gasteiger partial charge on any atom is -0.490 e. The van der Waals surface area contributed by atoms with E-state index in [2.05, 4.69) is 10.3 Å². The molecule has 0 aliphatic heterocycles. The molecule has 0 aliphatic rings. The Bertz CT molecular complexity index is 792. The number of hydrogen-bond acceptors (Lipinski definition) is 6. The molecule has 146 valence electrons. The van der Waals surface area contributed by atoms with Crippen LogP contribution >= 0.6 is 0 Å². The van der Waals surface area contributed by atoms with E-state index in [1.54, 1.807) is 12.1 Å². The monoisotopic (exact) mass is 375 g/mol. The van der Waals surface area contributed by atoms with Crippen molar-refractivity contribution >= 4 is 5.91 Å². The molecule has 0 saturated heterocycles. The summed E-state index contributed by atoms with van der Waals surface area (Å²) in [4.78, 5) is 28.1. The van der Waals surface area contributed by atoms with Crippen LogP contribution in [0.5, 0.6) is 17.2 Å². The van der Waals surface area contributed by atoms with Crippen molar-refractivity contribution < 1.29 is 19.0 Å². The van der Waals surface area contributed by atoms with Crippen LogP contribution in [0.4, 0.5) is 0 Å². The number of aromatic nitrogens is 2. The number of nitrogens with zero attached hydrogens (tertiary/aromatic N) is 2. The Hall–Kier alpha value is -3.03.